The predicted octanol–water partition coefficient (Wildman–Crippen LogP) is 2.75. The maximum Gasteiger partial charge on any atom is 0.356 e. The van der Waals surface area contributed by atoms with Crippen molar-refractivity contribution in [1.82, 2.24) is 9.38 Å². The van der Waals surface area contributed by atoms with Gasteiger partial charge in [-0.25, -0.2) is 18.6 Å². The number of nitrogens with zero attached hydrogens (tertiary/aromatic N) is 3. The molecule has 0 aliphatic carbocycles. The molecule has 0 amide bonds. The Morgan fingerprint density at radius 2 is 2.14 bits per heavy atom. The summed E-state index contributed by atoms with van der Waals surface area (Å²) in [7, 11) is 0. The number of pyridine rings is 1. The zero-order chi connectivity index (χ0) is 15.7. The van der Waals surface area contributed by atoms with Crippen LogP contribution in [0.25, 0.3) is 5.65 Å². The lowest BCUT2D eigenvalue weighted by molar-refractivity contribution is -0.0220. The maximum absolute atomic E-state index is 13.2. The number of imidazole rings is 1. The smallest absolute Gasteiger partial charge is 0.356 e. The van der Waals surface area contributed by atoms with Gasteiger partial charge in [-0.1, -0.05) is 0 Å². The number of ether oxygens (including phenoxy) is 1. The van der Waals surface area contributed by atoms with Crippen molar-refractivity contribution in [2.24, 2.45) is 0 Å². The van der Waals surface area contributed by atoms with E-state index in [9.17, 15) is 13.6 Å². The molecule has 3 rings (SSSR count). The molecule has 0 radical (unpaired) electrons. The molecular weight excluding hydrogens is 292 g/mol. The fourth-order valence-electron chi connectivity index (χ4n) is 2.61. The van der Waals surface area contributed by atoms with Crippen molar-refractivity contribution < 1.29 is 18.3 Å². The number of alkyl halides is 2. The zero-order valence-electron chi connectivity index (χ0n) is 12.3. The molecule has 1 saturated heterocycles. The van der Waals surface area contributed by atoms with Crippen molar-refractivity contribution in [3.8, 4) is 0 Å². The first-order valence-electron chi connectivity index (χ1n) is 7.27. The molecule has 2 aromatic rings. The van der Waals surface area contributed by atoms with Gasteiger partial charge >= 0.3 is 5.97 Å². The second-order valence-electron chi connectivity index (χ2n) is 5.32. The van der Waals surface area contributed by atoms with Gasteiger partial charge in [0, 0.05) is 43.9 Å². The molecule has 0 spiro atoms. The highest BCUT2D eigenvalue weighted by atomic mass is 19.3. The number of halogens is 2. The Balaban J connectivity index is 1.84. The van der Waals surface area contributed by atoms with Gasteiger partial charge < -0.3 is 9.64 Å². The fourth-order valence-corrected chi connectivity index (χ4v) is 2.61. The Hall–Kier alpha value is -2.18. The molecule has 1 fully saturated rings. The Bertz CT molecular complexity index is 689. The number of carbonyl (C=O) groups is 1. The van der Waals surface area contributed by atoms with Crippen LogP contribution in [0.3, 0.4) is 0 Å². The summed E-state index contributed by atoms with van der Waals surface area (Å²) < 4.78 is 33.0. The van der Waals surface area contributed by atoms with Gasteiger partial charge in [0.15, 0.2) is 5.69 Å². The number of rotatable bonds is 3. The molecule has 3 heterocycles. The molecule has 7 heteroatoms. The lowest BCUT2D eigenvalue weighted by Gasteiger charge is -2.33. The minimum absolute atomic E-state index is 0.138. The van der Waals surface area contributed by atoms with E-state index in [1.807, 2.05) is 4.90 Å². The molecule has 22 heavy (non-hydrogen) atoms. The van der Waals surface area contributed by atoms with Gasteiger partial charge in [0.25, 0.3) is 5.92 Å². The summed E-state index contributed by atoms with van der Waals surface area (Å²) in [6, 6.07) is 3.60. The number of anilines is 1. The summed E-state index contributed by atoms with van der Waals surface area (Å²) in [6.45, 7) is 2.67. The second kappa shape index (κ2) is 5.55. The number of hydrogen-bond donors (Lipinski definition) is 0. The van der Waals surface area contributed by atoms with Gasteiger partial charge in [-0.15, -0.1) is 0 Å². The summed E-state index contributed by atoms with van der Waals surface area (Å²) in [5.74, 6) is -2.99. The van der Waals surface area contributed by atoms with E-state index < -0.39 is 11.9 Å². The van der Waals surface area contributed by atoms with Crippen molar-refractivity contribution in [3.05, 3.63) is 30.2 Å². The number of esters is 1. The van der Waals surface area contributed by atoms with E-state index in [0.717, 1.165) is 5.69 Å². The first-order chi connectivity index (χ1) is 10.5. The molecule has 0 aromatic carbocycles. The molecule has 5 nitrogen and oxygen atoms in total. The Kier molecular flexibility index (Phi) is 3.72. The van der Waals surface area contributed by atoms with E-state index in [-0.39, 0.29) is 12.8 Å². The van der Waals surface area contributed by atoms with Crippen molar-refractivity contribution in [2.75, 3.05) is 24.6 Å². The number of piperidine rings is 1. The van der Waals surface area contributed by atoms with Gasteiger partial charge in [0.2, 0.25) is 0 Å². The highest BCUT2D eigenvalue weighted by Crippen LogP contribution is 2.30. The van der Waals surface area contributed by atoms with Crippen LogP contribution in [0.4, 0.5) is 14.5 Å². The normalized spacial score (nSPS) is 17.7. The van der Waals surface area contributed by atoms with Crippen LogP contribution in [0.2, 0.25) is 0 Å². The minimum Gasteiger partial charge on any atom is -0.461 e. The van der Waals surface area contributed by atoms with Crippen LogP contribution >= 0.6 is 0 Å². The van der Waals surface area contributed by atoms with Crippen molar-refractivity contribution in [1.29, 1.82) is 0 Å². The molecule has 0 N–H and O–H groups in total. The van der Waals surface area contributed by atoms with Crippen LogP contribution in [-0.2, 0) is 4.74 Å². The van der Waals surface area contributed by atoms with Gasteiger partial charge in [-0.3, -0.25) is 4.40 Å². The average Bonchev–Trinajstić information content (AvgIpc) is 2.90. The van der Waals surface area contributed by atoms with Gasteiger partial charge in [0.1, 0.15) is 5.65 Å². The molecular formula is C15H17F2N3O2. The standard InChI is InChI=1S/C15H17F2N3O2/c1-2-22-14(21)12-10-18-13-9-11(3-6-20(12)13)19-7-4-15(16,17)5-8-19/h3,6,9-10H,2,4-5,7-8H2,1H3. The third-order valence-electron chi connectivity index (χ3n) is 3.84. The summed E-state index contributed by atoms with van der Waals surface area (Å²) in [5.41, 5.74) is 1.79. The van der Waals surface area contributed by atoms with E-state index in [2.05, 4.69) is 4.98 Å². The first kappa shape index (κ1) is 14.7. The Morgan fingerprint density at radius 1 is 1.41 bits per heavy atom. The van der Waals surface area contributed by atoms with E-state index in [1.165, 1.54) is 6.20 Å². The molecule has 118 valence electrons. The van der Waals surface area contributed by atoms with Crippen LogP contribution < -0.4 is 4.90 Å². The highest BCUT2D eigenvalue weighted by molar-refractivity contribution is 5.88. The lowest BCUT2D eigenvalue weighted by Crippen LogP contribution is -2.39. The molecule has 0 saturated carbocycles. The number of aromatic nitrogens is 2. The number of fused-ring (bicyclic) bond motifs is 1. The third-order valence-corrected chi connectivity index (χ3v) is 3.84. The van der Waals surface area contributed by atoms with E-state index in [0.29, 0.717) is 31.0 Å². The second-order valence-corrected chi connectivity index (χ2v) is 5.32. The quantitative estimate of drug-likeness (QED) is 0.818. The van der Waals surface area contributed by atoms with Crippen LogP contribution in [0, 0.1) is 0 Å². The predicted molar refractivity (Wildman–Crippen MR) is 77.5 cm³/mol. The third kappa shape index (κ3) is 2.75. The van der Waals surface area contributed by atoms with Gasteiger partial charge in [0.05, 0.1) is 12.8 Å². The van der Waals surface area contributed by atoms with E-state index in [4.69, 9.17) is 4.74 Å². The van der Waals surface area contributed by atoms with Crippen molar-refractivity contribution >= 4 is 17.3 Å². The number of hydrogen-bond acceptors (Lipinski definition) is 4. The van der Waals surface area contributed by atoms with Crippen LogP contribution in [0.5, 0.6) is 0 Å². The van der Waals surface area contributed by atoms with Crippen molar-refractivity contribution in [2.45, 2.75) is 25.7 Å². The summed E-state index contributed by atoms with van der Waals surface area (Å²) >= 11 is 0. The van der Waals surface area contributed by atoms with Crippen LogP contribution in [-0.4, -0.2) is 41.0 Å². The Labute approximate surface area is 126 Å². The topological polar surface area (TPSA) is 46.8 Å². The Morgan fingerprint density at radius 3 is 2.82 bits per heavy atom. The molecule has 1 aliphatic heterocycles. The maximum atomic E-state index is 13.2. The first-order valence-corrected chi connectivity index (χ1v) is 7.27. The summed E-state index contributed by atoms with van der Waals surface area (Å²) in [4.78, 5) is 17.9. The van der Waals surface area contributed by atoms with Crippen LogP contribution in [0.1, 0.15) is 30.3 Å². The molecule has 0 unspecified atom stereocenters. The van der Waals surface area contributed by atoms with E-state index >= 15 is 0 Å². The van der Waals surface area contributed by atoms with Crippen molar-refractivity contribution in [3.63, 3.8) is 0 Å². The summed E-state index contributed by atoms with van der Waals surface area (Å²) in [6.07, 6.45) is 2.90. The largest absolute Gasteiger partial charge is 0.461 e. The molecule has 1 aliphatic rings. The van der Waals surface area contributed by atoms with Gasteiger partial charge in [-0.2, -0.15) is 0 Å². The SMILES string of the molecule is CCOC(=O)c1cnc2cc(N3CCC(F)(F)CC3)ccn12. The lowest BCUT2D eigenvalue weighted by atomic mass is 10.1. The molecule has 2 aromatic heterocycles. The zero-order valence-corrected chi connectivity index (χ0v) is 12.3. The highest BCUT2D eigenvalue weighted by Gasteiger charge is 2.34. The molecule has 0 atom stereocenters. The minimum atomic E-state index is -2.56. The monoisotopic (exact) mass is 309 g/mol. The van der Waals surface area contributed by atoms with Crippen LogP contribution in [0.15, 0.2) is 24.5 Å². The average molecular weight is 309 g/mol. The van der Waals surface area contributed by atoms with E-state index in [1.54, 1.807) is 29.7 Å². The fraction of sp³-hybridized carbons (Fsp3) is 0.467. The molecule has 0 bridgehead atoms. The van der Waals surface area contributed by atoms with Gasteiger partial charge in [-0.05, 0) is 13.0 Å². The summed E-state index contributed by atoms with van der Waals surface area (Å²) in [5, 5.41) is 0. The number of carbonyl (C=O) groups excluding carboxylic acids is 1.